The molecule has 0 N–H and O–H groups in total. The Morgan fingerprint density at radius 3 is 2.07 bits per heavy atom. The second-order valence-corrected chi connectivity index (χ2v) is 8.96. The molecule has 0 heterocycles. The normalized spacial score (nSPS) is 15.3. The third kappa shape index (κ3) is 12.7. The number of Topliss-reactive ketones (excluding diaryl/α,β-unsaturated/α-hetero) is 1. The Kier molecular flexibility index (Phi) is 14.5. The molecule has 0 radical (unpaired) electrons. The van der Waals surface area contributed by atoms with E-state index in [2.05, 4.69) is 57.2 Å². The molecule has 1 atom stereocenters. The molecule has 1 aliphatic carbocycles. The minimum absolute atomic E-state index is 0.353. The molecule has 1 aromatic rings. The molecule has 1 aromatic carbocycles. The summed E-state index contributed by atoms with van der Waals surface area (Å²) in [6.07, 6.45) is 21.1. The van der Waals surface area contributed by atoms with Crippen LogP contribution in [0.2, 0.25) is 0 Å². The zero-order chi connectivity index (χ0) is 21.3. The fraction of sp³-hybridized carbons (Fsp3) is 0.679. The quantitative estimate of drug-likeness (QED) is 0.269. The molecule has 0 aromatic heterocycles. The van der Waals surface area contributed by atoms with Gasteiger partial charge in [-0.3, -0.25) is 4.79 Å². The highest BCUT2D eigenvalue weighted by Gasteiger charge is 2.12. The van der Waals surface area contributed by atoms with E-state index in [1.54, 1.807) is 6.92 Å². The summed E-state index contributed by atoms with van der Waals surface area (Å²) in [5, 5.41) is 0. The van der Waals surface area contributed by atoms with Gasteiger partial charge in [0.05, 0.1) is 0 Å². The van der Waals surface area contributed by atoms with Crippen molar-refractivity contribution < 1.29 is 4.79 Å². The van der Waals surface area contributed by atoms with E-state index in [1.807, 2.05) is 0 Å². The van der Waals surface area contributed by atoms with Crippen molar-refractivity contribution in [2.75, 3.05) is 0 Å². The van der Waals surface area contributed by atoms with Crippen molar-refractivity contribution in [1.29, 1.82) is 0 Å². The Hall–Kier alpha value is -1.37. The molecular weight excluding hydrogens is 352 g/mol. The van der Waals surface area contributed by atoms with Gasteiger partial charge in [0, 0.05) is 5.92 Å². The van der Waals surface area contributed by atoms with Crippen molar-refractivity contribution in [1.82, 2.24) is 0 Å². The number of hydrogen-bond acceptors (Lipinski definition) is 1. The molecule has 0 saturated heterocycles. The molecule has 0 spiro atoms. The van der Waals surface area contributed by atoms with Gasteiger partial charge in [0.15, 0.2) is 0 Å². The first-order chi connectivity index (χ1) is 14.1. The average Bonchev–Trinajstić information content (AvgIpc) is 2.99. The maximum Gasteiger partial charge on any atom is 0.132 e. The topological polar surface area (TPSA) is 17.1 Å². The van der Waals surface area contributed by atoms with Crippen LogP contribution < -0.4 is 0 Å². The Labute approximate surface area is 181 Å². The third-order valence-electron chi connectivity index (χ3n) is 6.25. The van der Waals surface area contributed by atoms with Crippen LogP contribution in [0.25, 0.3) is 0 Å². The lowest BCUT2D eigenvalue weighted by Crippen LogP contribution is -2.10. The lowest BCUT2D eigenvalue weighted by molar-refractivity contribution is -0.121. The molecule has 1 heteroatoms. The molecule has 1 nitrogen and oxygen atoms in total. The van der Waals surface area contributed by atoms with Crippen LogP contribution >= 0.6 is 0 Å². The van der Waals surface area contributed by atoms with Gasteiger partial charge in [0.1, 0.15) is 5.78 Å². The molecule has 164 valence electrons. The van der Waals surface area contributed by atoms with Crippen LogP contribution in [0.5, 0.6) is 0 Å². The molecule has 0 fully saturated rings. The van der Waals surface area contributed by atoms with E-state index < -0.39 is 0 Å². The lowest BCUT2D eigenvalue weighted by Gasteiger charge is -2.13. The molecule has 0 aliphatic heterocycles. The molecule has 0 saturated carbocycles. The largest absolute Gasteiger partial charge is 0.300 e. The van der Waals surface area contributed by atoms with E-state index >= 15 is 0 Å². The standard InChI is InChI=1S/C16H22.C12H24O/c1-14-8-10-16(11-9-14)13-12-15-6-4-2-3-5-7-15;1-4-6-8-10-12(11(3)13)9-7-5-2/h2-3,8-11,15H,4-7,12-13H2,1H3;12H,4-10H2,1-3H3/t;12-/m.0/s1. The molecule has 1 aliphatic rings. The summed E-state index contributed by atoms with van der Waals surface area (Å²) in [5.74, 6) is 1.69. The number of allylic oxidation sites excluding steroid dienone is 2. The number of carbonyl (C=O) groups excluding carboxylic acids is 1. The Morgan fingerprint density at radius 1 is 0.931 bits per heavy atom. The highest BCUT2D eigenvalue weighted by molar-refractivity contribution is 5.78. The number of aryl methyl sites for hydroxylation is 2. The van der Waals surface area contributed by atoms with Crippen molar-refractivity contribution in [3.8, 4) is 0 Å². The van der Waals surface area contributed by atoms with E-state index in [9.17, 15) is 4.79 Å². The summed E-state index contributed by atoms with van der Waals surface area (Å²) in [7, 11) is 0. The van der Waals surface area contributed by atoms with Crippen LogP contribution in [0, 0.1) is 18.8 Å². The Bertz CT molecular complexity index is 544. The second kappa shape index (κ2) is 16.4. The van der Waals surface area contributed by atoms with Crippen molar-refractivity contribution in [2.24, 2.45) is 11.8 Å². The summed E-state index contributed by atoms with van der Waals surface area (Å²) < 4.78 is 0. The zero-order valence-electron chi connectivity index (χ0n) is 19.7. The van der Waals surface area contributed by atoms with Crippen molar-refractivity contribution in [3.63, 3.8) is 0 Å². The molecule has 0 bridgehead atoms. The molecule has 0 unspecified atom stereocenters. The van der Waals surface area contributed by atoms with Gasteiger partial charge >= 0.3 is 0 Å². The number of hydrogen-bond donors (Lipinski definition) is 0. The van der Waals surface area contributed by atoms with Crippen LogP contribution in [0.3, 0.4) is 0 Å². The minimum Gasteiger partial charge on any atom is -0.300 e. The number of carbonyl (C=O) groups is 1. The third-order valence-corrected chi connectivity index (χ3v) is 6.25. The van der Waals surface area contributed by atoms with Crippen molar-refractivity contribution >= 4 is 5.78 Å². The van der Waals surface area contributed by atoms with Gasteiger partial charge in [-0.2, -0.15) is 0 Å². The van der Waals surface area contributed by atoms with Crippen LogP contribution in [0.1, 0.15) is 109 Å². The van der Waals surface area contributed by atoms with Crippen molar-refractivity contribution in [2.45, 2.75) is 111 Å². The van der Waals surface area contributed by atoms with Gasteiger partial charge in [0.2, 0.25) is 0 Å². The molecule has 2 rings (SSSR count). The van der Waals surface area contributed by atoms with Gasteiger partial charge in [-0.1, -0.05) is 87.9 Å². The number of ketones is 1. The first-order valence-electron chi connectivity index (χ1n) is 12.3. The Balaban J connectivity index is 0.000000298. The molecule has 0 amide bonds. The lowest BCUT2D eigenvalue weighted by atomic mass is 9.92. The fourth-order valence-corrected chi connectivity index (χ4v) is 4.10. The SMILES string of the molecule is CCCCC[C@H](CCCC)C(C)=O.Cc1ccc(CCC2CCC=CCC2)cc1. The summed E-state index contributed by atoms with van der Waals surface area (Å²) in [4.78, 5) is 11.2. The summed E-state index contributed by atoms with van der Waals surface area (Å²) >= 11 is 0. The summed E-state index contributed by atoms with van der Waals surface area (Å²) in [5.41, 5.74) is 2.87. The van der Waals surface area contributed by atoms with Crippen LogP contribution in [0.4, 0.5) is 0 Å². The first-order valence-corrected chi connectivity index (χ1v) is 12.3. The fourth-order valence-electron chi connectivity index (χ4n) is 4.10. The predicted octanol–water partition coefficient (Wildman–Crippen LogP) is 8.64. The summed E-state index contributed by atoms with van der Waals surface area (Å²) in [6.45, 7) is 8.28. The smallest absolute Gasteiger partial charge is 0.132 e. The van der Waals surface area contributed by atoms with Crippen LogP contribution in [0.15, 0.2) is 36.4 Å². The van der Waals surface area contributed by atoms with Gasteiger partial charge < -0.3 is 0 Å². The van der Waals surface area contributed by atoms with E-state index in [-0.39, 0.29) is 0 Å². The number of benzene rings is 1. The van der Waals surface area contributed by atoms with Gasteiger partial charge in [-0.05, 0) is 76.7 Å². The second-order valence-electron chi connectivity index (χ2n) is 8.96. The monoisotopic (exact) mass is 398 g/mol. The van der Waals surface area contributed by atoms with Crippen LogP contribution in [-0.2, 0) is 11.2 Å². The average molecular weight is 399 g/mol. The minimum atomic E-state index is 0.353. The van der Waals surface area contributed by atoms with Gasteiger partial charge in [-0.15, -0.1) is 0 Å². The van der Waals surface area contributed by atoms with Gasteiger partial charge in [-0.25, -0.2) is 0 Å². The van der Waals surface area contributed by atoms with Gasteiger partial charge in [0.25, 0.3) is 0 Å². The Morgan fingerprint density at radius 2 is 1.52 bits per heavy atom. The van der Waals surface area contributed by atoms with E-state index in [4.69, 9.17) is 0 Å². The van der Waals surface area contributed by atoms with E-state index in [0.717, 1.165) is 18.8 Å². The highest BCUT2D eigenvalue weighted by Crippen LogP contribution is 2.23. The number of rotatable bonds is 11. The maximum absolute atomic E-state index is 11.2. The van der Waals surface area contributed by atoms with E-state index in [1.165, 1.54) is 81.8 Å². The first kappa shape index (κ1) is 25.7. The van der Waals surface area contributed by atoms with Crippen LogP contribution in [-0.4, -0.2) is 5.78 Å². The highest BCUT2D eigenvalue weighted by atomic mass is 16.1. The molecule has 29 heavy (non-hydrogen) atoms. The number of unbranched alkanes of at least 4 members (excludes halogenated alkanes) is 3. The predicted molar refractivity (Wildman–Crippen MR) is 128 cm³/mol. The maximum atomic E-state index is 11.2. The van der Waals surface area contributed by atoms with Crippen molar-refractivity contribution in [3.05, 3.63) is 47.5 Å². The van der Waals surface area contributed by atoms with E-state index in [0.29, 0.717) is 11.7 Å². The molecular formula is C28H46O. The zero-order valence-corrected chi connectivity index (χ0v) is 19.7. The summed E-state index contributed by atoms with van der Waals surface area (Å²) in [6, 6.07) is 9.02.